The minimum Gasteiger partial charge on any atom is -0.388 e. The van der Waals surface area contributed by atoms with Crippen molar-refractivity contribution in [3.05, 3.63) is 65.4 Å². The molecule has 4 rings (SSSR count). The van der Waals surface area contributed by atoms with Gasteiger partial charge in [0.1, 0.15) is 0 Å². The van der Waals surface area contributed by atoms with Crippen molar-refractivity contribution >= 4 is 22.4 Å². The zero-order valence-corrected chi connectivity index (χ0v) is 16.6. The Hall–Kier alpha value is -2.63. The molecular weight excluding hydrogens is 350 g/mol. The van der Waals surface area contributed by atoms with Crippen LogP contribution in [0.3, 0.4) is 0 Å². The van der Waals surface area contributed by atoms with Crippen molar-refractivity contribution in [1.82, 2.24) is 9.47 Å². The summed E-state index contributed by atoms with van der Waals surface area (Å²) in [5.41, 5.74) is 4.70. The van der Waals surface area contributed by atoms with Crippen LogP contribution in [-0.4, -0.2) is 55.1 Å². The predicted octanol–water partition coefficient (Wildman–Crippen LogP) is 3.55. The van der Waals surface area contributed by atoms with E-state index in [1.165, 1.54) is 0 Å². The summed E-state index contributed by atoms with van der Waals surface area (Å²) in [7, 11) is 1.88. The second-order valence-corrected chi connectivity index (χ2v) is 7.24. The van der Waals surface area contributed by atoms with Gasteiger partial charge in [-0.2, -0.15) is 0 Å². The van der Waals surface area contributed by atoms with Crippen molar-refractivity contribution < 1.29 is 9.53 Å². The molecule has 0 bridgehead atoms. The summed E-state index contributed by atoms with van der Waals surface area (Å²) in [5, 5.41) is 4.13. The number of hydrogen-bond donors (Lipinski definition) is 1. The van der Waals surface area contributed by atoms with E-state index in [0.717, 1.165) is 72.8 Å². The van der Waals surface area contributed by atoms with Gasteiger partial charge in [0.05, 0.1) is 18.8 Å². The minimum absolute atomic E-state index is 0.0847. The van der Waals surface area contributed by atoms with Gasteiger partial charge in [0.2, 0.25) is 0 Å². The molecule has 0 aliphatic carbocycles. The molecular formula is C23H27N3O2. The van der Waals surface area contributed by atoms with Crippen LogP contribution < -0.4 is 5.32 Å². The second-order valence-electron chi connectivity index (χ2n) is 7.24. The lowest BCUT2D eigenvalue weighted by Crippen LogP contribution is -2.38. The lowest BCUT2D eigenvalue weighted by molar-refractivity contribution is 0.0365. The Labute approximate surface area is 165 Å². The molecule has 146 valence electrons. The standard InChI is InChI=1S/C23H27N3O2/c1-17-22(23(27)18-7-9-19(24-2)10-8-18)20-5-3-4-6-21(20)26(17)12-11-25-13-15-28-16-14-25/h3-10,24H,11-16H2,1-2H3. The number of carbonyl (C=O) groups excluding carboxylic acids is 1. The first-order valence-electron chi connectivity index (χ1n) is 9.89. The van der Waals surface area contributed by atoms with Crippen molar-refractivity contribution in [2.24, 2.45) is 0 Å². The highest BCUT2D eigenvalue weighted by Crippen LogP contribution is 2.28. The van der Waals surface area contributed by atoms with E-state index in [1.54, 1.807) is 0 Å². The number of fused-ring (bicyclic) bond motifs is 1. The number of morpholine rings is 1. The molecule has 1 aliphatic rings. The van der Waals surface area contributed by atoms with Crippen LogP contribution in [-0.2, 0) is 11.3 Å². The van der Waals surface area contributed by atoms with E-state index in [4.69, 9.17) is 4.74 Å². The molecule has 0 spiro atoms. The summed E-state index contributed by atoms with van der Waals surface area (Å²) in [6.45, 7) is 7.46. The summed E-state index contributed by atoms with van der Waals surface area (Å²) in [5.74, 6) is 0.0847. The smallest absolute Gasteiger partial charge is 0.195 e. The Bertz CT molecular complexity index is 969. The Morgan fingerprint density at radius 1 is 1.04 bits per heavy atom. The van der Waals surface area contributed by atoms with E-state index in [2.05, 4.69) is 33.8 Å². The highest BCUT2D eigenvalue weighted by Gasteiger charge is 2.21. The van der Waals surface area contributed by atoms with E-state index in [0.29, 0.717) is 0 Å². The maximum absolute atomic E-state index is 13.3. The molecule has 3 aromatic rings. The molecule has 0 amide bonds. The number of carbonyl (C=O) groups is 1. The maximum atomic E-state index is 13.3. The number of anilines is 1. The van der Waals surface area contributed by atoms with Crippen molar-refractivity contribution in [2.75, 3.05) is 45.2 Å². The van der Waals surface area contributed by atoms with Crippen LogP contribution in [0.2, 0.25) is 0 Å². The second kappa shape index (κ2) is 8.17. The number of hydrogen-bond acceptors (Lipinski definition) is 4. The molecule has 0 atom stereocenters. The number of rotatable bonds is 6. The molecule has 1 fully saturated rings. The number of para-hydroxylation sites is 1. The zero-order valence-electron chi connectivity index (χ0n) is 16.6. The molecule has 1 saturated heterocycles. The summed E-state index contributed by atoms with van der Waals surface area (Å²) in [6, 6.07) is 15.9. The molecule has 0 unspecified atom stereocenters. The fraction of sp³-hybridized carbons (Fsp3) is 0.348. The topological polar surface area (TPSA) is 46.5 Å². The zero-order chi connectivity index (χ0) is 19.5. The predicted molar refractivity (Wildman–Crippen MR) is 113 cm³/mol. The largest absolute Gasteiger partial charge is 0.388 e. The number of aromatic nitrogens is 1. The average Bonchev–Trinajstić information content (AvgIpc) is 3.03. The number of ketones is 1. The first-order valence-corrected chi connectivity index (χ1v) is 9.89. The Morgan fingerprint density at radius 2 is 1.75 bits per heavy atom. The van der Waals surface area contributed by atoms with Gasteiger partial charge >= 0.3 is 0 Å². The lowest BCUT2D eigenvalue weighted by Gasteiger charge is -2.27. The lowest BCUT2D eigenvalue weighted by atomic mass is 10.0. The Balaban J connectivity index is 1.67. The molecule has 0 saturated carbocycles. The Morgan fingerprint density at radius 3 is 2.46 bits per heavy atom. The van der Waals surface area contributed by atoms with Crippen molar-refractivity contribution in [1.29, 1.82) is 0 Å². The molecule has 0 radical (unpaired) electrons. The molecule has 1 N–H and O–H groups in total. The van der Waals surface area contributed by atoms with Gasteiger partial charge in [0.15, 0.2) is 5.78 Å². The van der Waals surface area contributed by atoms with Gasteiger partial charge in [-0.15, -0.1) is 0 Å². The molecule has 5 nitrogen and oxygen atoms in total. The quantitative estimate of drug-likeness (QED) is 0.668. The monoisotopic (exact) mass is 377 g/mol. The highest BCUT2D eigenvalue weighted by molar-refractivity contribution is 6.17. The summed E-state index contributed by atoms with van der Waals surface area (Å²) >= 11 is 0. The van der Waals surface area contributed by atoms with Crippen molar-refractivity contribution in [3.8, 4) is 0 Å². The normalized spacial score (nSPS) is 15.1. The van der Waals surface area contributed by atoms with E-state index >= 15 is 0 Å². The van der Waals surface area contributed by atoms with Crippen LogP contribution in [0.4, 0.5) is 5.69 Å². The van der Waals surface area contributed by atoms with Gasteiger partial charge in [0, 0.05) is 61.1 Å². The molecule has 2 aromatic carbocycles. The number of nitrogens with zero attached hydrogens (tertiary/aromatic N) is 2. The average molecular weight is 377 g/mol. The van der Waals surface area contributed by atoms with E-state index in [1.807, 2.05) is 43.4 Å². The van der Waals surface area contributed by atoms with Gasteiger partial charge in [-0.25, -0.2) is 0 Å². The Kier molecular flexibility index (Phi) is 5.46. The van der Waals surface area contributed by atoms with Gasteiger partial charge in [-0.05, 0) is 37.3 Å². The molecule has 1 aliphatic heterocycles. The third-order valence-corrected chi connectivity index (χ3v) is 5.64. The fourth-order valence-electron chi connectivity index (χ4n) is 4.00. The van der Waals surface area contributed by atoms with Crippen molar-refractivity contribution in [2.45, 2.75) is 13.5 Å². The van der Waals surface area contributed by atoms with Crippen LogP contribution >= 0.6 is 0 Å². The summed E-state index contributed by atoms with van der Waals surface area (Å²) < 4.78 is 7.74. The van der Waals surface area contributed by atoms with Gasteiger partial charge in [-0.3, -0.25) is 9.69 Å². The van der Waals surface area contributed by atoms with Crippen LogP contribution in [0.1, 0.15) is 21.6 Å². The van der Waals surface area contributed by atoms with Gasteiger partial charge in [0.25, 0.3) is 0 Å². The third-order valence-electron chi connectivity index (χ3n) is 5.64. The third kappa shape index (κ3) is 3.55. The highest BCUT2D eigenvalue weighted by atomic mass is 16.5. The first-order chi connectivity index (χ1) is 13.7. The first kappa shape index (κ1) is 18.7. The SMILES string of the molecule is CNc1ccc(C(=O)c2c(C)n(CCN3CCOCC3)c3ccccc23)cc1. The molecule has 2 heterocycles. The number of ether oxygens (including phenoxy) is 1. The van der Waals surface area contributed by atoms with Gasteiger partial charge in [-0.1, -0.05) is 18.2 Å². The number of benzene rings is 2. The molecule has 1 aromatic heterocycles. The maximum Gasteiger partial charge on any atom is 0.195 e. The van der Waals surface area contributed by atoms with E-state index < -0.39 is 0 Å². The van der Waals surface area contributed by atoms with Crippen molar-refractivity contribution in [3.63, 3.8) is 0 Å². The van der Waals surface area contributed by atoms with E-state index in [9.17, 15) is 4.79 Å². The van der Waals surface area contributed by atoms with Gasteiger partial charge < -0.3 is 14.6 Å². The molecule has 5 heteroatoms. The number of nitrogens with one attached hydrogen (secondary N) is 1. The van der Waals surface area contributed by atoms with E-state index in [-0.39, 0.29) is 5.78 Å². The molecule has 28 heavy (non-hydrogen) atoms. The summed E-state index contributed by atoms with van der Waals surface area (Å²) in [6.07, 6.45) is 0. The van der Waals surface area contributed by atoms with Crippen LogP contribution in [0.5, 0.6) is 0 Å². The van der Waals surface area contributed by atoms with Crippen LogP contribution in [0.25, 0.3) is 10.9 Å². The summed E-state index contributed by atoms with van der Waals surface area (Å²) in [4.78, 5) is 15.8. The minimum atomic E-state index is 0.0847. The van der Waals surface area contributed by atoms with Crippen LogP contribution in [0.15, 0.2) is 48.5 Å². The fourth-order valence-corrected chi connectivity index (χ4v) is 4.00. The van der Waals surface area contributed by atoms with Crippen LogP contribution in [0, 0.1) is 6.92 Å².